The summed E-state index contributed by atoms with van der Waals surface area (Å²) in [7, 11) is 1.63. The molecule has 2 aromatic carbocycles. The number of nitrogens with zero attached hydrogens (tertiary/aromatic N) is 2. The smallest absolute Gasteiger partial charge is 0.273 e. The highest BCUT2D eigenvalue weighted by Crippen LogP contribution is 2.26. The van der Waals surface area contributed by atoms with Crippen molar-refractivity contribution in [3.8, 4) is 17.0 Å². The molecule has 0 saturated heterocycles. The monoisotopic (exact) mass is 427 g/mol. The summed E-state index contributed by atoms with van der Waals surface area (Å²) in [6, 6.07) is 15.2. The van der Waals surface area contributed by atoms with Crippen LogP contribution in [0.15, 0.2) is 64.6 Å². The lowest BCUT2D eigenvalue weighted by Gasteiger charge is -2.04. The summed E-state index contributed by atoms with van der Waals surface area (Å²) >= 11 is 4.82. The number of carbonyl (C=O) groups excluding carboxylic acids is 1. The topological polar surface area (TPSA) is 55.6 Å². The summed E-state index contributed by atoms with van der Waals surface area (Å²) in [6.45, 7) is 0. The molecular weight excluding hydrogens is 414 g/mol. The van der Waals surface area contributed by atoms with Crippen LogP contribution in [0.3, 0.4) is 0 Å². The molecule has 26 heavy (non-hydrogen) atoms. The van der Waals surface area contributed by atoms with Crippen molar-refractivity contribution in [2.24, 2.45) is 0 Å². The Bertz CT molecular complexity index is 1090. The van der Waals surface area contributed by atoms with Gasteiger partial charge in [-0.25, -0.2) is 4.98 Å². The van der Waals surface area contributed by atoms with E-state index in [1.807, 2.05) is 64.5 Å². The molecule has 1 amide bonds. The van der Waals surface area contributed by atoms with Crippen LogP contribution in [0.5, 0.6) is 5.75 Å². The lowest BCUT2D eigenvalue weighted by molar-refractivity contribution is 0.102. The Morgan fingerprint density at radius 1 is 1.23 bits per heavy atom. The molecule has 1 N–H and O–H groups in total. The van der Waals surface area contributed by atoms with E-state index in [1.54, 1.807) is 7.11 Å². The highest BCUT2D eigenvalue weighted by molar-refractivity contribution is 9.10. The first-order valence-electron chi connectivity index (χ1n) is 7.82. The first-order chi connectivity index (χ1) is 12.6. The van der Waals surface area contributed by atoms with E-state index in [2.05, 4.69) is 26.2 Å². The van der Waals surface area contributed by atoms with Gasteiger partial charge in [-0.1, -0.05) is 28.1 Å². The van der Waals surface area contributed by atoms with Gasteiger partial charge in [0.25, 0.3) is 5.91 Å². The Labute approximate surface area is 162 Å². The number of anilines is 1. The average molecular weight is 428 g/mol. The lowest BCUT2D eigenvalue weighted by Crippen LogP contribution is -2.13. The van der Waals surface area contributed by atoms with Gasteiger partial charge in [0.2, 0.25) is 0 Å². The summed E-state index contributed by atoms with van der Waals surface area (Å²) in [5.74, 6) is 0.597. The van der Waals surface area contributed by atoms with Crippen LogP contribution in [-0.2, 0) is 0 Å². The van der Waals surface area contributed by atoms with Gasteiger partial charge in [-0.15, -0.1) is 11.3 Å². The zero-order valence-corrected chi connectivity index (χ0v) is 16.2. The van der Waals surface area contributed by atoms with Gasteiger partial charge in [-0.05, 0) is 36.4 Å². The van der Waals surface area contributed by atoms with Gasteiger partial charge in [-0.2, -0.15) is 0 Å². The molecule has 4 rings (SSSR count). The average Bonchev–Trinajstić information content (AvgIpc) is 3.24. The minimum Gasteiger partial charge on any atom is -0.497 e. The normalized spacial score (nSPS) is 10.8. The van der Waals surface area contributed by atoms with Crippen LogP contribution in [0.1, 0.15) is 10.5 Å². The van der Waals surface area contributed by atoms with Gasteiger partial charge in [0.05, 0.1) is 12.8 Å². The predicted octanol–water partition coefficient (Wildman–Crippen LogP) is 5.09. The van der Waals surface area contributed by atoms with Crippen LogP contribution in [0, 0.1) is 0 Å². The number of imidazole rings is 1. The number of hydrogen-bond donors (Lipinski definition) is 1. The van der Waals surface area contributed by atoms with Gasteiger partial charge >= 0.3 is 0 Å². The number of aromatic nitrogens is 2. The van der Waals surface area contributed by atoms with Crippen molar-refractivity contribution >= 4 is 43.8 Å². The highest BCUT2D eigenvalue weighted by atomic mass is 79.9. The fourth-order valence-electron chi connectivity index (χ4n) is 2.60. The molecule has 0 aliphatic carbocycles. The first kappa shape index (κ1) is 16.8. The van der Waals surface area contributed by atoms with E-state index in [0.717, 1.165) is 32.1 Å². The molecular formula is C19H14BrN3O2S. The number of benzene rings is 2. The van der Waals surface area contributed by atoms with E-state index in [1.165, 1.54) is 11.3 Å². The number of nitrogens with one attached hydrogen (secondary N) is 1. The number of halogens is 1. The fourth-order valence-corrected chi connectivity index (χ4v) is 3.71. The highest BCUT2D eigenvalue weighted by Gasteiger charge is 2.15. The van der Waals surface area contributed by atoms with Gasteiger partial charge in [-0.3, -0.25) is 9.20 Å². The number of rotatable bonds is 4. The first-order valence-corrected chi connectivity index (χ1v) is 9.49. The second-order valence-electron chi connectivity index (χ2n) is 5.59. The summed E-state index contributed by atoms with van der Waals surface area (Å²) in [6.07, 6.45) is 1.87. The third kappa shape index (κ3) is 3.23. The molecule has 0 atom stereocenters. The van der Waals surface area contributed by atoms with Crippen molar-refractivity contribution in [2.75, 3.05) is 12.4 Å². The third-order valence-electron chi connectivity index (χ3n) is 3.91. The van der Waals surface area contributed by atoms with E-state index in [-0.39, 0.29) is 5.91 Å². The number of hydrogen-bond acceptors (Lipinski definition) is 4. The molecule has 0 saturated carbocycles. The van der Waals surface area contributed by atoms with Gasteiger partial charge in [0.15, 0.2) is 4.96 Å². The summed E-state index contributed by atoms with van der Waals surface area (Å²) in [5.41, 5.74) is 3.04. The van der Waals surface area contributed by atoms with Crippen molar-refractivity contribution in [1.82, 2.24) is 9.38 Å². The van der Waals surface area contributed by atoms with E-state index >= 15 is 0 Å². The summed E-state index contributed by atoms with van der Waals surface area (Å²) in [4.78, 5) is 18.0. The molecule has 7 heteroatoms. The molecule has 0 spiro atoms. The van der Waals surface area contributed by atoms with E-state index in [9.17, 15) is 4.79 Å². The Morgan fingerprint density at radius 2 is 2.04 bits per heavy atom. The molecule has 0 bridgehead atoms. The zero-order chi connectivity index (χ0) is 18.1. The van der Waals surface area contributed by atoms with Crippen molar-refractivity contribution in [3.05, 3.63) is 70.3 Å². The maximum absolute atomic E-state index is 12.6. The number of thiazole rings is 1. The zero-order valence-electron chi connectivity index (χ0n) is 13.8. The van der Waals surface area contributed by atoms with Gasteiger partial charge < -0.3 is 10.1 Å². The molecule has 2 heterocycles. The molecule has 0 aliphatic rings. The predicted molar refractivity (Wildman–Crippen MR) is 107 cm³/mol. The summed E-state index contributed by atoms with van der Waals surface area (Å²) in [5, 5.41) is 4.72. The quantitative estimate of drug-likeness (QED) is 0.493. The standard InChI is InChI=1S/C19H14BrN3O2S/c1-25-15-4-2-3-12(9-15)16-10-23-17(11-26-19(23)22-16)18(24)21-14-7-5-13(20)6-8-14/h2-11H,1H3,(H,21,24). The fraction of sp³-hybridized carbons (Fsp3) is 0.0526. The minimum absolute atomic E-state index is 0.173. The van der Waals surface area contributed by atoms with E-state index in [4.69, 9.17) is 4.74 Å². The Balaban J connectivity index is 1.65. The van der Waals surface area contributed by atoms with Crippen molar-refractivity contribution in [2.45, 2.75) is 0 Å². The SMILES string of the molecule is COc1cccc(-c2cn3c(C(=O)Nc4ccc(Br)cc4)csc3n2)c1. The third-order valence-corrected chi connectivity index (χ3v) is 5.28. The number of fused-ring (bicyclic) bond motifs is 1. The molecule has 0 unspecified atom stereocenters. The molecule has 0 fully saturated rings. The van der Waals surface area contributed by atoms with E-state index < -0.39 is 0 Å². The molecule has 4 aromatic rings. The van der Waals surface area contributed by atoms with Crippen molar-refractivity contribution in [3.63, 3.8) is 0 Å². The minimum atomic E-state index is -0.173. The van der Waals surface area contributed by atoms with Gasteiger partial charge in [0, 0.05) is 27.3 Å². The van der Waals surface area contributed by atoms with Gasteiger partial charge in [0.1, 0.15) is 11.4 Å². The number of carbonyl (C=O) groups is 1. The molecule has 0 radical (unpaired) electrons. The van der Waals surface area contributed by atoms with Crippen molar-refractivity contribution < 1.29 is 9.53 Å². The lowest BCUT2D eigenvalue weighted by atomic mass is 10.1. The maximum atomic E-state index is 12.6. The molecule has 2 aromatic heterocycles. The molecule has 0 aliphatic heterocycles. The Kier molecular flexibility index (Phi) is 4.48. The van der Waals surface area contributed by atoms with Crippen molar-refractivity contribution in [1.29, 1.82) is 0 Å². The summed E-state index contributed by atoms with van der Waals surface area (Å²) < 4.78 is 8.05. The van der Waals surface area contributed by atoms with Crippen LogP contribution in [-0.4, -0.2) is 22.4 Å². The molecule has 130 valence electrons. The second-order valence-corrected chi connectivity index (χ2v) is 7.34. The number of amides is 1. The van der Waals surface area contributed by atoms with E-state index in [0.29, 0.717) is 5.69 Å². The maximum Gasteiger partial charge on any atom is 0.273 e. The van der Waals surface area contributed by atoms with Crippen LogP contribution in [0.2, 0.25) is 0 Å². The Hall–Kier alpha value is -2.64. The number of ether oxygens (including phenoxy) is 1. The largest absolute Gasteiger partial charge is 0.497 e. The van der Waals surface area contributed by atoms with Crippen LogP contribution < -0.4 is 10.1 Å². The van der Waals surface area contributed by atoms with Crippen LogP contribution >= 0.6 is 27.3 Å². The molecule has 5 nitrogen and oxygen atoms in total. The second kappa shape index (κ2) is 6.93. The number of methoxy groups -OCH3 is 1. The van der Waals surface area contributed by atoms with Crippen LogP contribution in [0.25, 0.3) is 16.2 Å². The Morgan fingerprint density at radius 3 is 2.81 bits per heavy atom. The van der Waals surface area contributed by atoms with Crippen LogP contribution in [0.4, 0.5) is 5.69 Å².